The number of rotatable bonds is 1. The van der Waals surface area contributed by atoms with Crippen LogP contribution in [-0.4, -0.2) is 12.0 Å². The van der Waals surface area contributed by atoms with Crippen LogP contribution < -0.4 is 10.8 Å². The summed E-state index contributed by atoms with van der Waals surface area (Å²) in [5.74, 6) is -0.0180. The van der Waals surface area contributed by atoms with E-state index in [1.807, 2.05) is 12.1 Å². The van der Waals surface area contributed by atoms with Crippen molar-refractivity contribution in [1.82, 2.24) is 0 Å². The molecule has 2 N–H and O–H groups in total. The molecule has 1 aliphatic rings. The topological polar surface area (TPSA) is 55.6 Å². The molecule has 4 nitrogen and oxygen atoms in total. The van der Waals surface area contributed by atoms with Crippen LogP contribution in [0.25, 0.3) is 0 Å². The van der Waals surface area contributed by atoms with Crippen molar-refractivity contribution >= 4 is 17.3 Å². The number of anilines is 2. The van der Waals surface area contributed by atoms with E-state index >= 15 is 0 Å². The molecule has 0 aliphatic carbocycles. The van der Waals surface area contributed by atoms with Gasteiger partial charge in [-0.05, 0) is 23.6 Å². The van der Waals surface area contributed by atoms with E-state index in [-0.39, 0.29) is 17.4 Å². The monoisotopic (exact) mass is 234 g/mol. The Labute approximate surface area is 101 Å². The predicted octanol–water partition coefficient (Wildman–Crippen LogP) is 2.35. The third-order valence-electron chi connectivity index (χ3n) is 2.89. The highest BCUT2D eigenvalue weighted by molar-refractivity contribution is 5.93. The van der Waals surface area contributed by atoms with E-state index in [4.69, 9.17) is 10.6 Å². The third-order valence-corrected chi connectivity index (χ3v) is 2.89. The predicted molar refractivity (Wildman–Crippen MR) is 67.3 cm³/mol. The molecule has 0 aromatic heterocycles. The molecular weight excluding hydrogens is 216 g/mol. The molecule has 0 radical (unpaired) electrons. The van der Waals surface area contributed by atoms with Gasteiger partial charge in [0.1, 0.15) is 0 Å². The Hall–Kier alpha value is -1.55. The molecule has 1 atom stereocenters. The van der Waals surface area contributed by atoms with Crippen molar-refractivity contribution in [2.24, 2.45) is 5.41 Å². The molecule has 1 saturated heterocycles. The fraction of sp³-hybridized carbons (Fsp3) is 0.462. The molecule has 2 rings (SSSR count). The minimum absolute atomic E-state index is 0.0180. The molecule has 1 aliphatic heterocycles. The lowest BCUT2D eigenvalue weighted by Crippen LogP contribution is -2.28. The number of hydrogen-bond donors (Lipinski definition) is 1. The van der Waals surface area contributed by atoms with Crippen LogP contribution >= 0.6 is 0 Å². The van der Waals surface area contributed by atoms with E-state index in [0.717, 1.165) is 0 Å². The number of hydrogen-bond acceptors (Lipinski definition) is 3. The van der Waals surface area contributed by atoms with Crippen LogP contribution in [0, 0.1) is 5.41 Å². The Bertz CT molecular complexity index is 437. The molecule has 1 heterocycles. The standard InChI is InChI=1S/C13H18N2O2/c1-13(2,3)11-8-12(16)15(17-11)10-6-4-5-9(14)7-10/h4-7,11H,8,14H2,1-3H3. The maximum absolute atomic E-state index is 11.9. The number of carbonyl (C=O) groups excluding carboxylic acids is 1. The van der Waals surface area contributed by atoms with Gasteiger partial charge in [0.2, 0.25) is 0 Å². The smallest absolute Gasteiger partial charge is 0.253 e. The Kier molecular flexibility index (Phi) is 2.83. The van der Waals surface area contributed by atoms with Crippen LogP contribution in [0.15, 0.2) is 24.3 Å². The molecular formula is C13H18N2O2. The Morgan fingerprint density at radius 2 is 2.12 bits per heavy atom. The highest BCUT2D eigenvalue weighted by atomic mass is 16.7. The molecule has 92 valence electrons. The maximum atomic E-state index is 11.9. The summed E-state index contributed by atoms with van der Waals surface area (Å²) in [4.78, 5) is 17.6. The van der Waals surface area contributed by atoms with Crippen molar-refractivity contribution in [2.45, 2.75) is 33.3 Å². The van der Waals surface area contributed by atoms with Gasteiger partial charge in [0.05, 0.1) is 18.2 Å². The number of benzene rings is 1. The van der Waals surface area contributed by atoms with Crippen molar-refractivity contribution in [3.8, 4) is 0 Å². The average Bonchev–Trinajstić information content (AvgIpc) is 2.60. The van der Waals surface area contributed by atoms with Crippen LogP contribution in [0.2, 0.25) is 0 Å². The highest BCUT2D eigenvalue weighted by Crippen LogP contribution is 2.33. The summed E-state index contributed by atoms with van der Waals surface area (Å²) in [5, 5.41) is 1.35. The second kappa shape index (κ2) is 4.04. The molecule has 1 amide bonds. The maximum Gasteiger partial charge on any atom is 0.253 e. The summed E-state index contributed by atoms with van der Waals surface area (Å²) in [6.45, 7) is 6.19. The fourth-order valence-corrected chi connectivity index (χ4v) is 1.79. The lowest BCUT2D eigenvalue weighted by Gasteiger charge is -2.25. The van der Waals surface area contributed by atoms with Gasteiger partial charge in [-0.2, -0.15) is 5.06 Å². The van der Waals surface area contributed by atoms with E-state index in [1.54, 1.807) is 12.1 Å². The molecule has 1 aromatic carbocycles. The first-order chi connectivity index (χ1) is 7.88. The van der Waals surface area contributed by atoms with Gasteiger partial charge in [-0.25, -0.2) is 0 Å². The summed E-state index contributed by atoms with van der Waals surface area (Å²) < 4.78 is 0. The van der Waals surface area contributed by atoms with Gasteiger partial charge in [-0.15, -0.1) is 0 Å². The molecule has 1 unspecified atom stereocenters. The number of carbonyl (C=O) groups is 1. The van der Waals surface area contributed by atoms with Crippen LogP contribution in [0.5, 0.6) is 0 Å². The molecule has 0 bridgehead atoms. The molecule has 17 heavy (non-hydrogen) atoms. The van der Waals surface area contributed by atoms with Gasteiger partial charge in [-0.3, -0.25) is 9.63 Å². The van der Waals surface area contributed by atoms with Gasteiger partial charge < -0.3 is 5.73 Å². The van der Waals surface area contributed by atoms with Crippen molar-refractivity contribution < 1.29 is 9.63 Å². The number of nitrogen functional groups attached to an aromatic ring is 1. The number of nitrogens with zero attached hydrogens (tertiary/aromatic N) is 1. The largest absolute Gasteiger partial charge is 0.399 e. The van der Waals surface area contributed by atoms with E-state index in [9.17, 15) is 4.79 Å². The van der Waals surface area contributed by atoms with Crippen LogP contribution in [-0.2, 0) is 9.63 Å². The van der Waals surface area contributed by atoms with E-state index in [2.05, 4.69) is 20.8 Å². The fourth-order valence-electron chi connectivity index (χ4n) is 1.79. The second-order valence-electron chi connectivity index (χ2n) is 5.45. The highest BCUT2D eigenvalue weighted by Gasteiger charge is 2.39. The third kappa shape index (κ3) is 2.42. The van der Waals surface area contributed by atoms with Crippen LogP contribution in [0.3, 0.4) is 0 Å². The molecule has 1 aromatic rings. The van der Waals surface area contributed by atoms with Crippen molar-refractivity contribution in [2.75, 3.05) is 10.8 Å². The lowest BCUT2D eigenvalue weighted by molar-refractivity contribution is -0.119. The summed E-state index contributed by atoms with van der Waals surface area (Å²) in [7, 11) is 0. The molecule has 4 heteroatoms. The van der Waals surface area contributed by atoms with E-state index in [1.165, 1.54) is 5.06 Å². The zero-order valence-corrected chi connectivity index (χ0v) is 10.4. The van der Waals surface area contributed by atoms with Gasteiger partial charge in [0, 0.05) is 5.69 Å². The Morgan fingerprint density at radius 1 is 1.41 bits per heavy atom. The SMILES string of the molecule is CC(C)(C)C1CC(=O)N(c2cccc(N)c2)O1. The number of nitrogens with two attached hydrogens (primary N) is 1. The zero-order valence-electron chi connectivity index (χ0n) is 10.4. The first kappa shape index (κ1) is 11.9. The van der Waals surface area contributed by atoms with Gasteiger partial charge >= 0.3 is 0 Å². The van der Waals surface area contributed by atoms with Crippen LogP contribution in [0.1, 0.15) is 27.2 Å². The van der Waals surface area contributed by atoms with Gasteiger partial charge in [-0.1, -0.05) is 26.8 Å². The molecule has 0 saturated carbocycles. The summed E-state index contributed by atoms with van der Waals surface area (Å²) in [5.41, 5.74) is 6.97. The zero-order chi connectivity index (χ0) is 12.6. The lowest BCUT2D eigenvalue weighted by atomic mass is 9.87. The number of hydroxylamine groups is 1. The molecule has 1 fully saturated rings. The van der Waals surface area contributed by atoms with Crippen molar-refractivity contribution in [1.29, 1.82) is 0 Å². The second-order valence-corrected chi connectivity index (χ2v) is 5.45. The first-order valence-electron chi connectivity index (χ1n) is 5.73. The van der Waals surface area contributed by atoms with Gasteiger partial charge in [0.25, 0.3) is 5.91 Å². The average molecular weight is 234 g/mol. The minimum atomic E-state index is -0.0866. The minimum Gasteiger partial charge on any atom is -0.399 e. The Morgan fingerprint density at radius 3 is 2.65 bits per heavy atom. The normalized spacial score (nSPS) is 21.0. The molecule has 0 spiro atoms. The van der Waals surface area contributed by atoms with Crippen LogP contribution in [0.4, 0.5) is 11.4 Å². The summed E-state index contributed by atoms with van der Waals surface area (Å²) in [6, 6.07) is 7.15. The summed E-state index contributed by atoms with van der Waals surface area (Å²) >= 11 is 0. The first-order valence-corrected chi connectivity index (χ1v) is 5.73. The van der Waals surface area contributed by atoms with E-state index < -0.39 is 0 Å². The van der Waals surface area contributed by atoms with E-state index in [0.29, 0.717) is 17.8 Å². The number of amides is 1. The Balaban J connectivity index is 2.22. The van der Waals surface area contributed by atoms with Crippen molar-refractivity contribution in [3.05, 3.63) is 24.3 Å². The summed E-state index contributed by atoms with van der Waals surface area (Å²) in [6.07, 6.45) is 0.328. The quantitative estimate of drug-likeness (QED) is 0.759. The van der Waals surface area contributed by atoms with Crippen molar-refractivity contribution in [3.63, 3.8) is 0 Å². The van der Waals surface area contributed by atoms with Gasteiger partial charge in [0.15, 0.2) is 0 Å².